The van der Waals surface area contributed by atoms with Gasteiger partial charge in [0.25, 0.3) is 0 Å². The number of esters is 1. The molecule has 0 fully saturated rings. The van der Waals surface area contributed by atoms with Crippen molar-refractivity contribution in [2.45, 2.75) is 6.42 Å². The number of aromatic nitrogens is 1. The van der Waals surface area contributed by atoms with E-state index >= 15 is 0 Å². The molecule has 0 N–H and O–H groups in total. The summed E-state index contributed by atoms with van der Waals surface area (Å²) in [5.41, 5.74) is 1.27. The molecule has 100 valence electrons. The number of nitrogens with zero attached hydrogens (tertiary/aromatic N) is 1. The highest BCUT2D eigenvalue weighted by Crippen LogP contribution is 2.28. The lowest BCUT2D eigenvalue weighted by atomic mass is 10.2. The molecule has 6 heteroatoms. The van der Waals surface area contributed by atoms with Crippen molar-refractivity contribution in [3.8, 4) is 16.3 Å². The van der Waals surface area contributed by atoms with E-state index in [1.165, 1.54) is 31.6 Å². The molecule has 0 aliphatic rings. The van der Waals surface area contributed by atoms with Crippen molar-refractivity contribution >= 4 is 17.3 Å². The molecule has 1 heterocycles. The highest BCUT2D eigenvalue weighted by Gasteiger charge is 2.11. The summed E-state index contributed by atoms with van der Waals surface area (Å²) in [6, 6.07) is 4.63. The second-order valence-corrected chi connectivity index (χ2v) is 4.60. The van der Waals surface area contributed by atoms with Gasteiger partial charge in [-0.2, -0.15) is 0 Å². The topological polar surface area (TPSA) is 48.4 Å². The summed E-state index contributed by atoms with van der Waals surface area (Å²) in [6.07, 6.45) is 0.117. The number of hydrogen-bond acceptors (Lipinski definition) is 5. The van der Waals surface area contributed by atoms with E-state index in [1.807, 2.05) is 0 Å². The number of carbonyl (C=O) groups excluding carboxylic acids is 1. The smallest absolute Gasteiger partial charge is 0.311 e. The summed E-state index contributed by atoms with van der Waals surface area (Å²) in [6.45, 7) is 0. The van der Waals surface area contributed by atoms with E-state index in [2.05, 4.69) is 9.72 Å². The molecule has 19 heavy (non-hydrogen) atoms. The van der Waals surface area contributed by atoms with Crippen LogP contribution in [0.1, 0.15) is 5.69 Å². The van der Waals surface area contributed by atoms with Crippen molar-refractivity contribution in [2.24, 2.45) is 0 Å². The number of methoxy groups -OCH3 is 2. The number of halogens is 1. The van der Waals surface area contributed by atoms with Crippen LogP contribution in [0.5, 0.6) is 5.75 Å². The van der Waals surface area contributed by atoms with Gasteiger partial charge in [0.2, 0.25) is 0 Å². The number of hydrogen-bond donors (Lipinski definition) is 0. The molecule has 0 aliphatic heterocycles. The largest absolute Gasteiger partial charge is 0.494 e. The second-order valence-electron chi connectivity index (χ2n) is 3.75. The van der Waals surface area contributed by atoms with Crippen molar-refractivity contribution in [1.29, 1.82) is 0 Å². The molecule has 0 bridgehead atoms. The minimum absolute atomic E-state index is 0.117. The maximum absolute atomic E-state index is 13.6. The average molecular weight is 281 g/mol. The number of benzene rings is 1. The number of thiazole rings is 1. The van der Waals surface area contributed by atoms with Crippen LogP contribution in [0, 0.1) is 5.82 Å². The summed E-state index contributed by atoms with van der Waals surface area (Å²) in [5.74, 6) is -0.599. The Morgan fingerprint density at radius 2 is 2.21 bits per heavy atom. The zero-order valence-corrected chi connectivity index (χ0v) is 11.3. The molecule has 2 rings (SSSR count). The zero-order valence-electron chi connectivity index (χ0n) is 10.5. The molecule has 1 aromatic carbocycles. The van der Waals surface area contributed by atoms with Crippen LogP contribution < -0.4 is 4.74 Å². The maximum Gasteiger partial charge on any atom is 0.311 e. The maximum atomic E-state index is 13.6. The van der Waals surface area contributed by atoms with Gasteiger partial charge in [0.1, 0.15) is 5.01 Å². The van der Waals surface area contributed by atoms with E-state index in [1.54, 1.807) is 17.5 Å². The van der Waals surface area contributed by atoms with E-state index < -0.39 is 5.82 Å². The minimum atomic E-state index is -0.440. The average Bonchev–Trinajstić information content (AvgIpc) is 2.87. The molecule has 2 aromatic rings. The molecular formula is C13H12FNO3S. The van der Waals surface area contributed by atoms with Crippen LogP contribution in [0.3, 0.4) is 0 Å². The third kappa shape index (κ3) is 3.08. The zero-order chi connectivity index (χ0) is 13.8. The van der Waals surface area contributed by atoms with Crippen molar-refractivity contribution in [2.75, 3.05) is 14.2 Å². The van der Waals surface area contributed by atoms with Gasteiger partial charge in [-0.3, -0.25) is 4.79 Å². The van der Waals surface area contributed by atoms with E-state index in [0.29, 0.717) is 16.3 Å². The minimum Gasteiger partial charge on any atom is -0.494 e. The molecule has 0 aliphatic carbocycles. The number of ether oxygens (including phenoxy) is 2. The van der Waals surface area contributed by atoms with Crippen LogP contribution in [0.15, 0.2) is 23.6 Å². The van der Waals surface area contributed by atoms with Crippen LogP contribution in [-0.2, 0) is 16.0 Å². The molecule has 0 spiro atoms. The monoisotopic (exact) mass is 281 g/mol. The van der Waals surface area contributed by atoms with Gasteiger partial charge in [-0.05, 0) is 18.2 Å². The first-order valence-electron chi connectivity index (χ1n) is 5.49. The van der Waals surface area contributed by atoms with Gasteiger partial charge >= 0.3 is 5.97 Å². The van der Waals surface area contributed by atoms with E-state index in [0.717, 1.165) is 0 Å². The standard InChI is InChI=1S/C13H12FNO3S/c1-17-11-4-3-8(5-10(11)14)13-15-9(7-19-13)6-12(16)18-2/h3-5,7H,6H2,1-2H3. The molecule has 0 unspecified atom stereocenters. The van der Waals surface area contributed by atoms with E-state index in [4.69, 9.17) is 4.74 Å². The molecule has 0 amide bonds. The van der Waals surface area contributed by atoms with Crippen molar-refractivity contribution < 1.29 is 18.7 Å². The normalized spacial score (nSPS) is 10.3. The fourth-order valence-electron chi connectivity index (χ4n) is 1.54. The molecule has 0 saturated heterocycles. The van der Waals surface area contributed by atoms with Gasteiger partial charge in [-0.25, -0.2) is 9.37 Å². The van der Waals surface area contributed by atoms with Gasteiger partial charge in [0.15, 0.2) is 11.6 Å². The SMILES string of the molecule is COC(=O)Cc1csc(-c2ccc(OC)c(F)c2)n1. The Morgan fingerprint density at radius 3 is 2.84 bits per heavy atom. The quantitative estimate of drug-likeness (QED) is 0.808. The van der Waals surface area contributed by atoms with E-state index in [9.17, 15) is 9.18 Å². The fraction of sp³-hybridized carbons (Fsp3) is 0.231. The van der Waals surface area contributed by atoms with Gasteiger partial charge in [-0.15, -0.1) is 11.3 Å². The molecule has 0 atom stereocenters. The molecular weight excluding hydrogens is 269 g/mol. The summed E-state index contributed by atoms with van der Waals surface area (Å²) in [4.78, 5) is 15.4. The Labute approximate surface area is 113 Å². The van der Waals surface area contributed by atoms with Crippen molar-refractivity contribution in [1.82, 2.24) is 4.98 Å². The van der Waals surface area contributed by atoms with Gasteiger partial charge in [0, 0.05) is 10.9 Å². The Balaban J connectivity index is 2.23. The van der Waals surface area contributed by atoms with Gasteiger partial charge in [-0.1, -0.05) is 0 Å². The first-order chi connectivity index (χ1) is 9.13. The lowest BCUT2D eigenvalue weighted by molar-refractivity contribution is -0.139. The second kappa shape index (κ2) is 5.79. The first-order valence-corrected chi connectivity index (χ1v) is 6.37. The molecule has 4 nitrogen and oxygen atoms in total. The third-order valence-corrected chi connectivity index (χ3v) is 3.44. The number of carbonyl (C=O) groups is 1. The highest BCUT2D eigenvalue weighted by atomic mass is 32.1. The van der Waals surface area contributed by atoms with Crippen LogP contribution in [0.2, 0.25) is 0 Å². The predicted molar refractivity (Wildman–Crippen MR) is 69.8 cm³/mol. The lowest BCUT2D eigenvalue weighted by Crippen LogP contribution is -2.04. The predicted octanol–water partition coefficient (Wildman–Crippen LogP) is 2.67. The Hall–Kier alpha value is -1.95. The fourth-order valence-corrected chi connectivity index (χ4v) is 2.36. The van der Waals surface area contributed by atoms with E-state index in [-0.39, 0.29) is 18.1 Å². The van der Waals surface area contributed by atoms with Gasteiger partial charge in [0.05, 0.1) is 26.3 Å². The molecule has 1 aromatic heterocycles. The van der Waals surface area contributed by atoms with Crippen LogP contribution in [0.4, 0.5) is 4.39 Å². The third-order valence-electron chi connectivity index (χ3n) is 2.50. The summed E-state index contributed by atoms with van der Waals surface area (Å²) in [7, 11) is 2.74. The van der Waals surface area contributed by atoms with Crippen molar-refractivity contribution in [3.63, 3.8) is 0 Å². The van der Waals surface area contributed by atoms with Crippen LogP contribution in [-0.4, -0.2) is 25.2 Å². The van der Waals surface area contributed by atoms with Crippen LogP contribution >= 0.6 is 11.3 Å². The number of rotatable bonds is 4. The summed E-state index contributed by atoms with van der Waals surface area (Å²) >= 11 is 1.35. The first kappa shape index (κ1) is 13.5. The Morgan fingerprint density at radius 1 is 1.42 bits per heavy atom. The summed E-state index contributed by atoms with van der Waals surface area (Å²) in [5, 5.41) is 2.41. The highest BCUT2D eigenvalue weighted by molar-refractivity contribution is 7.13. The Bertz CT molecular complexity index is 597. The van der Waals surface area contributed by atoms with Gasteiger partial charge < -0.3 is 9.47 Å². The lowest BCUT2D eigenvalue weighted by Gasteiger charge is -2.02. The van der Waals surface area contributed by atoms with Crippen LogP contribution in [0.25, 0.3) is 10.6 Å². The molecule has 0 saturated carbocycles. The Kier molecular flexibility index (Phi) is 4.11. The summed E-state index contributed by atoms with van der Waals surface area (Å²) < 4.78 is 23.0. The van der Waals surface area contributed by atoms with Crippen molar-refractivity contribution in [3.05, 3.63) is 35.1 Å². The molecule has 0 radical (unpaired) electrons.